The molecular weight excluding hydrogens is 486 g/mol. The van der Waals surface area contributed by atoms with Gasteiger partial charge in [0.15, 0.2) is 0 Å². The van der Waals surface area contributed by atoms with Crippen LogP contribution in [0.2, 0.25) is 0 Å². The van der Waals surface area contributed by atoms with Crippen molar-refractivity contribution in [3.05, 3.63) is 89.5 Å². The summed E-state index contributed by atoms with van der Waals surface area (Å²) >= 11 is 0. The molecule has 0 spiro atoms. The number of benzene rings is 3. The molecule has 1 saturated heterocycles. The molecule has 3 aromatic carbocycles. The van der Waals surface area contributed by atoms with Crippen LogP contribution < -0.4 is 14.2 Å². The van der Waals surface area contributed by atoms with Crippen LogP contribution in [0.25, 0.3) is 0 Å². The van der Waals surface area contributed by atoms with Gasteiger partial charge in [-0.2, -0.15) is 0 Å². The molecular formula is C30H33NO7. The quantitative estimate of drug-likeness (QED) is 0.180. The summed E-state index contributed by atoms with van der Waals surface area (Å²) in [5.74, 6) is 2.03. The topological polar surface area (TPSA) is 84.8 Å². The average molecular weight is 520 g/mol. The Hall–Kier alpha value is -4.04. The van der Waals surface area contributed by atoms with Gasteiger partial charge in [0, 0.05) is 5.56 Å². The Morgan fingerprint density at radius 2 is 1.50 bits per heavy atom. The van der Waals surface area contributed by atoms with E-state index >= 15 is 0 Å². The first-order chi connectivity index (χ1) is 18.5. The molecule has 3 aromatic rings. The van der Waals surface area contributed by atoms with Gasteiger partial charge >= 0.3 is 5.97 Å². The zero-order chi connectivity index (χ0) is 26.8. The molecule has 0 aromatic heterocycles. The van der Waals surface area contributed by atoms with E-state index < -0.39 is 0 Å². The van der Waals surface area contributed by atoms with Gasteiger partial charge in [0.25, 0.3) is 0 Å². The first kappa shape index (κ1) is 27.0. The Morgan fingerprint density at radius 3 is 2.08 bits per heavy atom. The maximum absolute atomic E-state index is 12.0. The first-order valence-electron chi connectivity index (χ1n) is 12.5. The van der Waals surface area contributed by atoms with Crippen LogP contribution in [0.15, 0.2) is 78.0 Å². The number of carbonyl (C=O) groups excluding carboxylic acids is 1. The third kappa shape index (κ3) is 6.83. The standard InChI is InChI=1S/C30H33NO7/c1-4-36-29(32)17-30(20-35-21-30)24-9-15-27(16-10-24)37-18-22-5-11-26(12-6-22)38-19-28(31-34-3)23-7-13-25(33-2)14-8-23/h5-16H,4,17-21H2,1-3H3. The molecule has 0 aliphatic carbocycles. The largest absolute Gasteiger partial charge is 0.497 e. The molecule has 200 valence electrons. The molecule has 1 fully saturated rings. The number of hydrogen-bond donors (Lipinski definition) is 0. The third-order valence-electron chi connectivity index (χ3n) is 6.34. The van der Waals surface area contributed by atoms with Crippen molar-refractivity contribution in [1.29, 1.82) is 0 Å². The van der Waals surface area contributed by atoms with Gasteiger partial charge < -0.3 is 28.5 Å². The third-order valence-corrected chi connectivity index (χ3v) is 6.34. The van der Waals surface area contributed by atoms with Crippen LogP contribution in [0.3, 0.4) is 0 Å². The summed E-state index contributed by atoms with van der Waals surface area (Å²) in [5.41, 5.74) is 3.30. The minimum atomic E-state index is -0.318. The Balaban J connectivity index is 1.29. The van der Waals surface area contributed by atoms with Gasteiger partial charge in [0.1, 0.15) is 43.3 Å². The molecule has 0 unspecified atom stereocenters. The van der Waals surface area contributed by atoms with Crippen molar-refractivity contribution >= 4 is 11.7 Å². The van der Waals surface area contributed by atoms with Gasteiger partial charge in [-0.3, -0.25) is 4.79 Å². The lowest BCUT2D eigenvalue weighted by Gasteiger charge is -2.41. The van der Waals surface area contributed by atoms with Crippen molar-refractivity contribution < 1.29 is 33.3 Å². The fourth-order valence-electron chi connectivity index (χ4n) is 4.17. The number of oxime groups is 1. The normalized spacial score (nSPS) is 14.2. The van der Waals surface area contributed by atoms with Gasteiger partial charge in [0.05, 0.1) is 38.8 Å². The average Bonchev–Trinajstić information content (AvgIpc) is 2.93. The number of rotatable bonds is 13. The number of carbonyl (C=O) groups is 1. The highest BCUT2D eigenvalue weighted by molar-refractivity contribution is 6.01. The molecule has 1 heterocycles. The Bertz CT molecular complexity index is 1200. The highest BCUT2D eigenvalue weighted by Gasteiger charge is 2.42. The van der Waals surface area contributed by atoms with Crippen LogP contribution in [0.4, 0.5) is 0 Å². The zero-order valence-corrected chi connectivity index (χ0v) is 22.0. The summed E-state index contributed by atoms with van der Waals surface area (Å²) in [6.07, 6.45) is 0.314. The van der Waals surface area contributed by atoms with Crippen molar-refractivity contribution in [3.63, 3.8) is 0 Å². The lowest BCUT2D eigenvalue weighted by Crippen LogP contribution is -2.48. The minimum absolute atomic E-state index is 0.202. The fourth-order valence-corrected chi connectivity index (χ4v) is 4.17. The molecule has 0 N–H and O–H groups in total. The van der Waals surface area contributed by atoms with E-state index in [1.54, 1.807) is 7.11 Å². The minimum Gasteiger partial charge on any atom is -0.497 e. The molecule has 1 aliphatic rings. The van der Waals surface area contributed by atoms with Gasteiger partial charge in [-0.1, -0.05) is 29.4 Å². The van der Waals surface area contributed by atoms with Crippen molar-refractivity contribution in [2.75, 3.05) is 40.6 Å². The number of hydrogen-bond acceptors (Lipinski definition) is 8. The van der Waals surface area contributed by atoms with Gasteiger partial charge in [-0.25, -0.2) is 0 Å². The highest BCUT2D eigenvalue weighted by atomic mass is 16.6. The van der Waals surface area contributed by atoms with Crippen LogP contribution in [0, 0.1) is 0 Å². The molecule has 0 amide bonds. The number of methoxy groups -OCH3 is 1. The fraction of sp³-hybridized carbons (Fsp3) is 0.333. The molecule has 1 aliphatic heterocycles. The van der Waals surface area contributed by atoms with E-state index in [-0.39, 0.29) is 18.0 Å². The van der Waals surface area contributed by atoms with Gasteiger partial charge in [-0.15, -0.1) is 0 Å². The summed E-state index contributed by atoms with van der Waals surface area (Å²) in [6, 6.07) is 23.1. The summed E-state index contributed by atoms with van der Waals surface area (Å²) in [4.78, 5) is 17.0. The van der Waals surface area contributed by atoms with E-state index in [0.29, 0.717) is 44.3 Å². The van der Waals surface area contributed by atoms with Crippen LogP contribution >= 0.6 is 0 Å². The number of esters is 1. The van der Waals surface area contributed by atoms with Crippen LogP contribution in [0.1, 0.15) is 30.0 Å². The van der Waals surface area contributed by atoms with E-state index in [4.69, 9.17) is 28.5 Å². The van der Waals surface area contributed by atoms with E-state index in [2.05, 4.69) is 5.16 Å². The monoisotopic (exact) mass is 519 g/mol. The first-order valence-corrected chi connectivity index (χ1v) is 12.5. The van der Waals surface area contributed by atoms with E-state index in [0.717, 1.165) is 28.2 Å². The molecule has 8 nitrogen and oxygen atoms in total. The van der Waals surface area contributed by atoms with Crippen LogP contribution in [0.5, 0.6) is 17.2 Å². The van der Waals surface area contributed by atoms with Crippen molar-refractivity contribution in [1.82, 2.24) is 0 Å². The molecule has 0 atom stereocenters. The lowest BCUT2D eigenvalue weighted by atomic mass is 9.76. The van der Waals surface area contributed by atoms with Crippen molar-refractivity contribution in [2.24, 2.45) is 5.16 Å². The second-order valence-electron chi connectivity index (χ2n) is 8.95. The highest BCUT2D eigenvalue weighted by Crippen LogP contribution is 2.37. The Kier molecular flexibility index (Phi) is 9.21. The van der Waals surface area contributed by atoms with E-state index in [1.807, 2.05) is 79.7 Å². The summed E-state index contributed by atoms with van der Waals surface area (Å²) in [5, 5.41) is 4.10. The van der Waals surface area contributed by atoms with Crippen molar-refractivity contribution in [2.45, 2.75) is 25.4 Å². The molecule has 38 heavy (non-hydrogen) atoms. The predicted octanol–water partition coefficient (Wildman–Crippen LogP) is 4.92. The summed E-state index contributed by atoms with van der Waals surface area (Å²) < 4.78 is 27.7. The summed E-state index contributed by atoms with van der Waals surface area (Å²) in [7, 11) is 3.14. The molecule has 8 heteroatoms. The molecule has 4 rings (SSSR count). The lowest BCUT2D eigenvalue weighted by molar-refractivity contribution is -0.151. The smallest absolute Gasteiger partial charge is 0.306 e. The van der Waals surface area contributed by atoms with Crippen LogP contribution in [-0.2, 0) is 31.1 Å². The van der Waals surface area contributed by atoms with Gasteiger partial charge in [0.2, 0.25) is 0 Å². The zero-order valence-electron chi connectivity index (χ0n) is 22.0. The molecule has 0 saturated carbocycles. The van der Waals surface area contributed by atoms with E-state index in [1.165, 1.54) is 7.11 Å². The second kappa shape index (κ2) is 13.0. The number of ether oxygens (including phenoxy) is 5. The van der Waals surface area contributed by atoms with Crippen LogP contribution in [-0.4, -0.2) is 52.3 Å². The van der Waals surface area contributed by atoms with E-state index in [9.17, 15) is 4.79 Å². The van der Waals surface area contributed by atoms with Crippen molar-refractivity contribution in [3.8, 4) is 17.2 Å². The SMILES string of the molecule is CCOC(=O)CC1(c2ccc(OCc3ccc(OCC(=NOC)c4ccc(OC)cc4)cc3)cc2)COC1. The predicted molar refractivity (Wildman–Crippen MR) is 143 cm³/mol. The Morgan fingerprint density at radius 1 is 0.868 bits per heavy atom. The molecule has 0 radical (unpaired) electrons. The second-order valence-corrected chi connectivity index (χ2v) is 8.95. The summed E-state index contributed by atoms with van der Waals surface area (Å²) in [6.45, 7) is 3.89. The van der Waals surface area contributed by atoms with Gasteiger partial charge in [-0.05, 0) is 66.6 Å². The number of nitrogens with zero attached hydrogens (tertiary/aromatic N) is 1. The maximum Gasteiger partial charge on any atom is 0.306 e. The maximum atomic E-state index is 12.0. The Labute approximate surface area is 223 Å². The molecule has 0 bridgehead atoms.